The lowest BCUT2D eigenvalue weighted by Gasteiger charge is -2.32. The predicted octanol–water partition coefficient (Wildman–Crippen LogP) is 2.65. The summed E-state index contributed by atoms with van der Waals surface area (Å²) in [7, 11) is 0. The fourth-order valence-electron chi connectivity index (χ4n) is 3.13. The molecule has 1 aliphatic carbocycles. The van der Waals surface area contributed by atoms with Gasteiger partial charge < -0.3 is 15.7 Å². The number of anilines is 1. The van der Waals surface area contributed by atoms with E-state index in [2.05, 4.69) is 9.88 Å². The summed E-state index contributed by atoms with van der Waals surface area (Å²) in [5.74, 6) is 1.75. The first-order valence-corrected chi connectivity index (χ1v) is 8.37. The zero-order valence-corrected chi connectivity index (χ0v) is 13.2. The molecular formula is C18H22N4O. The van der Waals surface area contributed by atoms with E-state index in [1.165, 1.54) is 12.8 Å². The first-order valence-electron chi connectivity index (χ1n) is 8.37. The molecule has 120 valence electrons. The van der Waals surface area contributed by atoms with E-state index in [1.807, 2.05) is 18.3 Å². The van der Waals surface area contributed by atoms with Gasteiger partial charge in [-0.25, -0.2) is 9.97 Å². The van der Waals surface area contributed by atoms with Crippen LogP contribution in [-0.2, 0) is 0 Å². The Labute approximate surface area is 136 Å². The summed E-state index contributed by atoms with van der Waals surface area (Å²) in [5.41, 5.74) is 9.10. The third-order valence-corrected chi connectivity index (χ3v) is 4.75. The predicted molar refractivity (Wildman–Crippen MR) is 90.5 cm³/mol. The quantitative estimate of drug-likeness (QED) is 0.911. The van der Waals surface area contributed by atoms with Gasteiger partial charge in [0.2, 0.25) is 0 Å². The number of nitrogens with zero attached hydrogens (tertiary/aromatic N) is 3. The summed E-state index contributed by atoms with van der Waals surface area (Å²) < 4.78 is 0. The fourth-order valence-corrected chi connectivity index (χ4v) is 3.13. The Morgan fingerprint density at radius 3 is 2.39 bits per heavy atom. The summed E-state index contributed by atoms with van der Waals surface area (Å²) in [6.07, 6.45) is 6.35. The summed E-state index contributed by atoms with van der Waals surface area (Å²) >= 11 is 0. The Morgan fingerprint density at radius 2 is 1.74 bits per heavy atom. The van der Waals surface area contributed by atoms with Crippen LogP contribution >= 0.6 is 0 Å². The van der Waals surface area contributed by atoms with Crippen molar-refractivity contribution < 1.29 is 5.11 Å². The highest BCUT2D eigenvalue weighted by molar-refractivity contribution is 5.75. The molecule has 2 heterocycles. The molecule has 0 spiro atoms. The van der Waals surface area contributed by atoms with Crippen LogP contribution in [-0.4, -0.2) is 34.2 Å². The molecule has 23 heavy (non-hydrogen) atoms. The Bertz CT molecular complexity index is 689. The molecule has 0 amide bonds. The van der Waals surface area contributed by atoms with Crippen molar-refractivity contribution in [1.82, 2.24) is 9.97 Å². The second kappa shape index (κ2) is 5.81. The van der Waals surface area contributed by atoms with Crippen LogP contribution in [0.5, 0.6) is 5.75 Å². The lowest BCUT2D eigenvalue weighted by Crippen LogP contribution is -2.40. The molecule has 0 radical (unpaired) electrons. The van der Waals surface area contributed by atoms with Crippen molar-refractivity contribution in [3.8, 4) is 17.0 Å². The van der Waals surface area contributed by atoms with E-state index in [9.17, 15) is 5.11 Å². The molecule has 0 atom stereocenters. The molecule has 3 N–H and O–H groups in total. The summed E-state index contributed by atoms with van der Waals surface area (Å²) in [4.78, 5) is 11.8. The molecule has 1 aliphatic heterocycles. The molecule has 2 aromatic rings. The van der Waals surface area contributed by atoms with E-state index in [4.69, 9.17) is 10.7 Å². The van der Waals surface area contributed by atoms with Crippen molar-refractivity contribution in [2.24, 2.45) is 5.73 Å². The molecule has 1 saturated carbocycles. The molecule has 1 aromatic carbocycles. The van der Waals surface area contributed by atoms with E-state index in [0.717, 1.165) is 48.7 Å². The molecule has 0 unspecified atom stereocenters. The van der Waals surface area contributed by atoms with Crippen molar-refractivity contribution in [3.63, 3.8) is 0 Å². The van der Waals surface area contributed by atoms with Crippen LogP contribution in [0.1, 0.15) is 37.4 Å². The van der Waals surface area contributed by atoms with Crippen LogP contribution in [0, 0.1) is 0 Å². The zero-order valence-electron chi connectivity index (χ0n) is 13.2. The van der Waals surface area contributed by atoms with Crippen LogP contribution in [0.15, 0.2) is 30.5 Å². The molecule has 0 bridgehead atoms. The maximum atomic E-state index is 9.55. The van der Waals surface area contributed by atoms with Crippen molar-refractivity contribution in [2.45, 2.75) is 37.6 Å². The van der Waals surface area contributed by atoms with Crippen LogP contribution in [0.4, 0.5) is 5.69 Å². The number of phenols is 1. The van der Waals surface area contributed by atoms with Gasteiger partial charge in [0, 0.05) is 30.6 Å². The van der Waals surface area contributed by atoms with Gasteiger partial charge in [0.15, 0.2) is 0 Å². The largest absolute Gasteiger partial charge is 0.508 e. The van der Waals surface area contributed by atoms with E-state index in [0.29, 0.717) is 12.0 Å². The van der Waals surface area contributed by atoms with Gasteiger partial charge in [0.1, 0.15) is 11.6 Å². The highest BCUT2D eigenvalue weighted by Crippen LogP contribution is 2.40. The average molecular weight is 310 g/mol. The molecule has 1 saturated heterocycles. The minimum absolute atomic E-state index is 0.274. The van der Waals surface area contributed by atoms with Crippen LogP contribution in [0.3, 0.4) is 0 Å². The summed E-state index contributed by atoms with van der Waals surface area (Å²) in [5, 5.41) is 9.55. The molecule has 2 fully saturated rings. The zero-order chi connectivity index (χ0) is 15.8. The highest BCUT2D eigenvalue weighted by atomic mass is 16.3. The van der Waals surface area contributed by atoms with E-state index >= 15 is 0 Å². The fraction of sp³-hybridized carbons (Fsp3) is 0.444. The summed E-state index contributed by atoms with van der Waals surface area (Å²) in [6, 6.07) is 7.57. The molecule has 1 aromatic heterocycles. The normalized spacial score (nSPS) is 19.1. The van der Waals surface area contributed by atoms with Crippen molar-refractivity contribution in [3.05, 3.63) is 36.3 Å². The Morgan fingerprint density at radius 1 is 1.04 bits per heavy atom. The number of phenolic OH excluding ortho intramolecular Hbond substituents is 1. The van der Waals surface area contributed by atoms with E-state index in [-0.39, 0.29) is 5.75 Å². The minimum Gasteiger partial charge on any atom is -0.508 e. The number of rotatable bonds is 3. The van der Waals surface area contributed by atoms with E-state index < -0.39 is 0 Å². The minimum atomic E-state index is 0.274. The van der Waals surface area contributed by atoms with Crippen LogP contribution in [0.25, 0.3) is 11.3 Å². The van der Waals surface area contributed by atoms with Gasteiger partial charge in [-0.2, -0.15) is 0 Å². The average Bonchev–Trinajstić information content (AvgIpc) is 3.41. The molecule has 5 nitrogen and oxygen atoms in total. The number of nitrogens with two attached hydrogens (primary N) is 1. The number of aromatic nitrogens is 2. The molecule has 4 rings (SSSR count). The lowest BCUT2D eigenvalue weighted by molar-refractivity contribution is 0.475. The highest BCUT2D eigenvalue weighted by Gasteiger charge is 2.28. The number of aromatic hydroxyl groups is 1. The van der Waals surface area contributed by atoms with Crippen molar-refractivity contribution >= 4 is 5.69 Å². The number of hydrogen-bond donors (Lipinski definition) is 2. The van der Waals surface area contributed by atoms with Gasteiger partial charge >= 0.3 is 0 Å². The van der Waals surface area contributed by atoms with Gasteiger partial charge in [-0.05, 0) is 49.9 Å². The van der Waals surface area contributed by atoms with Gasteiger partial charge in [0.05, 0.1) is 17.6 Å². The SMILES string of the molecule is NC1CCN(c2cnc(C3CC3)nc2-c2ccc(O)cc2)CC1. The van der Waals surface area contributed by atoms with E-state index in [1.54, 1.807) is 12.1 Å². The Hall–Kier alpha value is -2.14. The third-order valence-electron chi connectivity index (χ3n) is 4.75. The number of hydrogen-bond acceptors (Lipinski definition) is 5. The van der Waals surface area contributed by atoms with Crippen LogP contribution in [0.2, 0.25) is 0 Å². The molecular weight excluding hydrogens is 288 g/mol. The maximum absolute atomic E-state index is 9.55. The topological polar surface area (TPSA) is 75.3 Å². The lowest BCUT2D eigenvalue weighted by atomic mass is 10.0. The summed E-state index contributed by atoms with van der Waals surface area (Å²) in [6.45, 7) is 1.89. The Balaban J connectivity index is 1.73. The van der Waals surface area contributed by atoms with Crippen LogP contribution < -0.4 is 10.6 Å². The number of benzene rings is 1. The first kappa shape index (κ1) is 14.5. The van der Waals surface area contributed by atoms with Crippen molar-refractivity contribution in [2.75, 3.05) is 18.0 Å². The standard InChI is InChI=1S/C18H22N4O/c19-14-7-9-22(10-8-14)16-11-20-18(13-1-2-13)21-17(16)12-3-5-15(23)6-4-12/h3-6,11,13-14,23H,1-2,7-10,19H2. The van der Waals surface area contributed by atoms with Gasteiger partial charge in [0.25, 0.3) is 0 Å². The number of piperidine rings is 1. The third kappa shape index (κ3) is 3.01. The van der Waals surface area contributed by atoms with Crippen molar-refractivity contribution in [1.29, 1.82) is 0 Å². The maximum Gasteiger partial charge on any atom is 0.132 e. The van der Waals surface area contributed by atoms with Gasteiger partial charge in [-0.1, -0.05) is 0 Å². The monoisotopic (exact) mass is 310 g/mol. The first-order chi connectivity index (χ1) is 11.2. The molecule has 2 aliphatic rings. The smallest absolute Gasteiger partial charge is 0.132 e. The second-order valence-electron chi connectivity index (χ2n) is 6.61. The van der Waals surface area contributed by atoms with Gasteiger partial charge in [-0.3, -0.25) is 0 Å². The van der Waals surface area contributed by atoms with Gasteiger partial charge in [-0.15, -0.1) is 0 Å². The second-order valence-corrected chi connectivity index (χ2v) is 6.61. The Kier molecular flexibility index (Phi) is 3.65. The molecule has 5 heteroatoms.